The second-order valence-corrected chi connectivity index (χ2v) is 7.26. The van der Waals surface area contributed by atoms with Crippen molar-refractivity contribution in [2.75, 3.05) is 31.1 Å². The Balaban J connectivity index is 0.00000156. The summed E-state index contributed by atoms with van der Waals surface area (Å²) in [7, 11) is 0. The number of amides is 1. The number of hydrogen-bond acceptors (Lipinski definition) is 4. The first-order valence-electron chi connectivity index (χ1n) is 8.80. The van der Waals surface area contributed by atoms with Gasteiger partial charge in [-0.05, 0) is 43.2 Å². The Morgan fingerprint density at radius 3 is 2.60 bits per heavy atom. The molecule has 5 nitrogen and oxygen atoms in total. The van der Waals surface area contributed by atoms with Gasteiger partial charge in [0.05, 0.1) is 0 Å². The van der Waals surface area contributed by atoms with Crippen LogP contribution in [0.4, 0.5) is 5.82 Å². The lowest BCUT2D eigenvalue weighted by molar-refractivity contribution is 0.0573. The van der Waals surface area contributed by atoms with Gasteiger partial charge >= 0.3 is 0 Å². The molecule has 3 unspecified atom stereocenters. The molecule has 1 amide bonds. The molecule has 7 heteroatoms. The van der Waals surface area contributed by atoms with E-state index in [1.54, 1.807) is 6.20 Å². The van der Waals surface area contributed by atoms with Crippen LogP contribution in [0.2, 0.25) is 0 Å². The SMILES string of the molecule is CC1CCN(C(=O)c2ccnc(N3CCC(C)C3)c2)C(CN)C1.Cl.Cl. The number of carbonyl (C=O) groups excluding carboxylic acids is 1. The summed E-state index contributed by atoms with van der Waals surface area (Å²) in [4.78, 5) is 21.6. The van der Waals surface area contributed by atoms with Crippen molar-refractivity contribution in [3.63, 3.8) is 0 Å². The lowest BCUT2D eigenvalue weighted by Gasteiger charge is -2.38. The van der Waals surface area contributed by atoms with Crippen LogP contribution in [0, 0.1) is 11.8 Å². The second kappa shape index (κ2) is 9.60. The van der Waals surface area contributed by atoms with E-state index in [4.69, 9.17) is 5.73 Å². The minimum Gasteiger partial charge on any atom is -0.356 e. The highest BCUT2D eigenvalue weighted by molar-refractivity contribution is 5.95. The smallest absolute Gasteiger partial charge is 0.254 e. The van der Waals surface area contributed by atoms with Gasteiger partial charge in [-0.2, -0.15) is 0 Å². The first-order chi connectivity index (χ1) is 11.1. The Bertz CT molecular complexity index is 572. The summed E-state index contributed by atoms with van der Waals surface area (Å²) in [6.45, 7) is 7.90. The highest BCUT2D eigenvalue weighted by Crippen LogP contribution is 2.26. The Morgan fingerprint density at radius 2 is 1.96 bits per heavy atom. The van der Waals surface area contributed by atoms with Gasteiger partial charge in [0.25, 0.3) is 5.91 Å². The van der Waals surface area contributed by atoms with Crippen LogP contribution in [0.15, 0.2) is 18.3 Å². The van der Waals surface area contributed by atoms with Crippen LogP contribution in [0.3, 0.4) is 0 Å². The molecule has 3 heterocycles. The van der Waals surface area contributed by atoms with Crippen molar-refractivity contribution >= 4 is 36.5 Å². The van der Waals surface area contributed by atoms with Crippen molar-refractivity contribution < 1.29 is 4.79 Å². The maximum atomic E-state index is 12.9. The van der Waals surface area contributed by atoms with Crippen molar-refractivity contribution in [3.05, 3.63) is 23.9 Å². The molecule has 2 aliphatic heterocycles. The third-order valence-corrected chi connectivity index (χ3v) is 5.25. The molecule has 2 fully saturated rings. The number of hydrogen-bond donors (Lipinski definition) is 1. The third-order valence-electron chi connectivity index (χ3n) is 5.25. The summed E-state index contributed by atoms with van der Waals surface area (Å²) in [5.41, 5.74) is 6.64. The second-order valence-electron chi connectivity index (χ2n) is 7.26. The zero-order chi connectivity index (χ0) is 16.4. The molecule has 0 aliphatic carbocycles. The van der Waals surface area contributed by atoms with Gasteiger partial charge < -0.3 is 15.5 Å². The van der Waals surface area contributed by atoms with Gasteiger partial charge in [0.1, 0.15) is 5.82 Å². The summed E-state index contributed by atoms with van der Waals surface area (Å²) in [5, 5.41) is 0. The number of piperidine rings is 1. The molecule has 1 aromatic rings. The number of rotatable bonds is 3. The van der Waals surface area contributed by atoms with Crippen molar-refractivity contribution in [2.24, 2.45) is 17.6 Å². The summed E-state index contributed by atoms with van der Waals surface area (Å²) in [6.07, 6.45) is 5.02. The predicted molar refractivity (Wildman–Crippen MR) is 107 cm³/mol. The average Bonchev–Trinajstić information content (AvgIpc) is 3.01. The van der Waals surface area contributed by atoms with Crippen LogP contribution < -0.4 is 10.6 Å². The molecular weight excluding hydrogens is 359 g/mol. The number of pyridine rings is 1. The van der Waals surface area contributed by atoms with E-state index in [0.29, 0.717) is 18.4 Å². The van der Waals surface area contributed by atoms with Gasteiger partial charge in [0.15, 0.2) is 0 Å². The third kappa shape index (κ3) is 4.99. The zero-order valence-electron chi connectivity index (χ0n) is 15.1. The zero-order valence-corrected chi connectivity index (χ0v) is 16.7. The number of likely N-dealkylation sites (tertiary alicyclic amines) is 1. The summed E-state index contributed by atoms with van der Waals surface area (Å²) < 4.78 is 0. The van der Waals surface area contributed by atoms with Crippen LogP contribution in [0.25, 0.3) is 0 Å². The van der Waals surface area contributed by atoms with Gasteiger partial charge in [0, 0.05) is 44.0 Å². The van der Waals surface area contributed by atoms with Crippen LogP contribution >= 0.6 is 24.8 Å². The Labute approximate surface area is 163 Å². The number of nitrogens with two attached hydrogens (primary N) is 1. The van der Waals surface area contributed by atoms with Crippen molar-refractivity contribution in [1.29, 1.82) is 0 Å². The largest absolute Gasteiger partial charge is 0.356 e. The molecule has 0 spiro atoms. The minimum atomic E-state index is 0. The Hall–Kier alpha value is -1.04. The van der Waals surface area contributed by atoms with Gasteiger partial charge in [-0.25, -0.2) is 4.98 Å². The standard InChI is InChI=1S/C18H28N4O.2ClH/c1-13-5-8-22(16(9-13)11-19)18(23)15-3-6-20-17(10-15)21-7-4-14(2)12-21;;/h3,6,10,13-14,16H,4-5,7-9,11-12,19H2,1-2H3;2*1H. The summed E-state index contributed by atoms with van der Waals surface area (Å²) >= 11 is 0. The minimum absolute atomic E-state index is 0. The molecule has 142 valence electrons. The number of nitrogens with zero attached hydrogens (tertiary/aromatic N) is 3. The van der Waals surface area contributed by atoms with E-state index < -0.39 is 0 Å². The highest BCUT2D eigenvalue weighted by atomic mass is 35.5. The first kappa shape index (κ1) is 22.0. The molecule has 0 radical (unpaired) electrons. The molecule has 2 aliphatic rings. The lowest BCUT2D eigenvalue weighted by Crippen LogP contribution is -2.49. The van der Waals surface area contributed by atoms with E-state index in [-0.39, 0.29) is 36.8 Å². The van der Waals surface area contributed by atoms with Gasteiger partial charge in [-0.15, -0.1) is 24.8 Å². The number of anilines is 1. The fourth-order valence-electron chi connectivity index (χ4n) is 3.78. The van der Waals surface area contributed by atoms with Crippen LogP contribution in [-0.4, -0.2) is 48.0 Å². The van der Waals surface area contributed by atoms with Crippen LogP contribution in [0.1, 0.15) is 43.5 Å². The monoisotopic (exact) mass is 388 g/mol. The quantitative estimate of drug-likeness (QED) is 0.864. The number of halogens is 2. The lowest BCUT2D eigenvalue weighted by atomic mass is 9.92. The van der Waals surface area contributed by atoms with E-state index in [2.05, 4.69) is 23.7 Å². The molecule has 1 aromatic heterocycles. The molecule has 2 N–H and O–H groups in total. The van der Waals surface area contributed by atoms with Crippen molar-refractivity contribution in [2.45, 2.75) is 39.2 Å². The van der Waals surface area contributed by atoms with Gasteiger partial charge in [-0.1, -0.05) is 13.8 Å². The molecule has 0 aromatic carbocycles. The Kier molecular flexibility index (Phi) is 8.45. The molecule has 0 bridgehead atoms. The van der Waals surface area contributed by atoms with E-state index in [1.165, 1.54) is 6.42 Å². The maximum Gasteiger partial charge on any atom is 0.254 e. The summed E-state index contributed by atoms with van der Waals surface area (Å²) in [5.74, 6) is 2.37. The number of aromatic nitrogens is 1. The van der Waals surface area contributed by atoms with E-state index in [9.17, 15) is 4.79 Å². The average molecular weight is 389 g/mol. The van der Waals surface area contributed by atoms with Crippen LogP contribution in [0.5, 0.6) is 0 Å². The maximum absolute atomic E-state index is 12.9. The van der Waals surface area contributed by atoms with Gasteiger partial charge in [0.2, 0.25) is 0 Å². The highest BCUT2D eigenvalue weighted by Gasteiger charge is 2.30. The Morgan fingerprint density at radius 1 is 1.24 bits per heavy atom. The fraction of sp³-hybridized carbons (Fsp3) is 0.667. The molecular formula is C18H30Cl2N4O. The van der Waals surface area contributed by atoms with Gasteiger partial charge in [-0.3, -0.25) is 4.79 Å². The fourth-order valence-corrected chi connectivity index (χ4v) is 3.78. The summed E-state index contributed by atoms with van der Waals surface area (Å²) in [6, 6.07) is 3.94. The molecule has 3 rings (SSSR count). The predicted octanol–water partition coefficient (Wildman–Crippen LogP) is 2.97. The normalized spacial score (nSPS) is 26.0. The molecule has 25 heavy (non-hydrogen) atoms. The molecule has 2 saturated heterocycles. The molecule has 0 saturated carbocycles. The van der Waals surface area contributed by atoms with E-state index >= 15 is 0 Å². The van der Waals surface area contributed by atoms with E-state index in [1.807, 2.05) is 17.0 Å². The van der Waals surface area contributed by atoms with Crippen LogP contribution in [-0.2, 0) is 0 Å². The van der Waals surface area contributed by atoms with Crippen molar-refractivity contribution in [3.8, 4) is 0 Å². The first-order valence-corrected chi connectivity index (χ1v) is 8.80. The topological polar surface area (TPSA) is 62.5 Å². The number of carbonyl (C=O) groups is 1. The van der Waals surface area contributed by atoms with E-state index in [0.717, 1.165) is 43.9 Å². The molecule has 3 atom stereocenters. The van der Waals surface area contributed by atoms with Crippen molar-refractivity contribution in [1.82, 2.24) is 9.88 Å².